The lowest BCUT2D eigenvalue weighted by atomic mass is 10.0. The highest BCUT2D eigenvalue weighted by Crippen LogP contribution is 2.25. The molecule has 0 fully saturated rings. The smallest absolute Gasteiger partial charge is 0.324 e. The van der Waals surface area contributed by atoms with Crippen LogP contribution in [0.3, 0.4) is 0 Å². The molecule has 16 heavy (non-hydrogen) atoms. The molecule has 0 aromatic heterocycles. The molecule has 0 aliphatic heterocycles. The number of benzene rings is 1. The molecule has 0 bridgehead atoms. The Morgan fingerprint density at radius 1 is 1.12 bits per heavy atom. The highest BCUT2D eigenvalue weighted by atomic mass is 19.4. The molecule has 0 aliphatic carbocycles. The summed E-state index contributed by atoms with van der Waals surface area (Å²) in [4.78, 5) is 0. The molecule has 0 saturated heterocycles. The molecule has 1 unspecified atom stereocenters. The van der Waals surface area contributed by atoms with Gasteiger partial charge in [0, 0.05) is 12.5 Å². The molecular weight excluding hydrogens is 222 g/mol. The van der Waals surface area contributed by atoms with Crippen molar-refractivity contribution in [3.63, 3.8) is 0 Å². The highest BCUT2D eigenvalue weighted by molar-refractivity contribution is 5.19. The molecule has 0 saturated carbocycles. The summed E-state index contributed by atoms with van der Waals surface area (Å²) in [6.07, 6.45) is -4.74. The number of nitrogens with two attached hydrogens (primary N) is 1. The quantitative estimate of drug-likeness (QED) is 0.793. The van der Waals surface area contributed by atoms with Crippen molar-refractivity contribution in [2.45, 2.75) is 31.5 Å². The Morgan fingerprint density at radius 3 is 2.19 bits per heavy atom. The lowest BCUT2D eigenvalue weighted by Gasteiger charge is -2.12. The molecule has 1 aromatic carbocycles. The van der Waals surface area contributed by atoms with Crippen LogP contribution < -0.4 is 5.73 Å². The molecule has 0 radical (unpaired) electrons. The Labute approximate surface area is 91.3 Å². The third kappa shape index (κ3) is 4.61. The summed E-state index contributed by atoms with van der Waals surface area (Å²) in [5, 5.41) is 0. The average Bonchev–Trinajstić information content (AvgIpc) is 2.16. The van der Waals surface area contributed by atoms with Crippen LogP contribution >= 0.6 is 0 Å². The summed E-state index contributed by atoms with van der Waals surface area (Å²) in [6, 6.07) is 5.02. The van der Waals surface area contributed by atoms with Crippen molar-refractivity contribution in [2.75, 3.05) is 0 Å². The van der Waals surface area contributed by atoms with E-state index in [0.717, 1.165) is 0 Å². The first-order valence-electron chi connectivity index (χ1n) is 4.96. The number of halogens is 4. The standard InChI is InChI=1S/C11H13F4N/c12-9-5-3-8(4-6-9)10(16)2-1-7-11(13,14)15/h3-6,10H,1-2,7,16H2. The topological polar surface area (TPSA) is 26.0 Å². The fourth-order valence-electron chi connectivity index (χ4n) is 1.40. The van der Waals surface area contributed by atoms with Crippen molar-refractivity contribution in [1.82, 2.24) is 0 Å². The third-order valence-electron chi connectivity index (χ3n) is 2.27. The van der Waals surface area contributed by atoms with Crippen molar-refractivity contribution in [3.8, 4) is 0 Å². The van der Waals surface area contributed by atoms with Gasteiger partial charge in [-0.15, -0.1) is 0 Å². The monoisotopic (exact) mass is 235 g/mol. The van der Waals surface area contributed by atoms with Crippen LogP contribution in [0.1, 0.15) is 30.9 Å². The Morgan fingerprint density at radius 2 is 1.69 bits per heavy atom. The van der Waals surface area contributed by atoms with Crippen molar-refractivity contribution < 1.29 is 17.6 Å². The summed E-state index contributed by atoms with van der Waals surface area (Å²) in [6.45, 7) is 0. The van der Waals surface area contributed by atoms with Crippen molar-refractivity contribution in [2.24, 2.45) is 5.73 Å². The van der Waals surface area contributed by atoms with Crippen LogP contribution in [0.4, 0.5) is 17.6 Å². The van der Waals surface area contributed by atoms with Crippen LogP contribution in [0.2, 0.25) is 0 Å². The molecule has 1 rings (SSSR count). The van der Waals surface area contributed by atoms with Crippen molar-refractivity contribution >= 4 is 0 Å². The van der Waals surface area contributed by atoms with Crippen molar-refractivity contribution in [3.05, 3.63) is 35.6 Å². The highest BCUT2D eigenvalue weighted by Gasteiger charge is 2.26. The molecule has 90 valence electrons. The molecular formula is C11H13F4N. The van der Waals surface area contributed by atoms with Gasteiger partial charge in [0.25, 0.3) is 0 Å². The zero-order valence-electron chi connectivity index (χ0n) is 8.60. The first kappa shape index (κ1) is 13.0. The molecule has 1 atom stereocenters. The minimum atomic E-state index is -4.14. The second-order valence-electron chi connectivity index (χ2n) is 3.67. The Bertz CT molecular complexity index is 318. The summed E-state index contributed by atoms with van der Waals surface area (Å²) in [5.41, 5.74) is 6.34. The maximum atomic E-state index is 12.6. The molecule has 5 heteroatoms. The normalized spacial score (nSPS) is 13.8. The second kappa shape index (κ2) is 5.30. The second-order valence-corrected chi connectivity index (χ2v) is 3.67. The molecule has 2 N–H and O–H groups in total. The van der Waals surface area contributed by atoms with Crippen LogP contribution in [0.15, 0.2) is 24.3 Å². The van der Waals surface area contributed by atoms with E-state index in [1.165, 1.54) is 24.3 Å². The Kier molecular flexibility index (Phi) is 4.29. The number of alkyl halides is 3. The van der Waals surface area contributed by atoms with E-state index in [0.29, 0.717) is 5.56 Å². The molecule has 0 amide bonds. The van der Waals surface area contributed by atoms with Gasteiger partial charge in [0.1, 0.15) is 5.82 Å². The molecule has 0 spiro atoms. The minimum Gasteiger partial charge on any atom is -0.324 e. The lowest BCUT2D eigenvalue weighted by Crippen LogP contribution is -2.13. The van der Waals surface area contributed by atoms with Gasteiger partial charge in [-0.1, -0.05) is 12.1 Å². The van der Waals surface area contributed by atoms with Gasteiger partial charge in [0.05, 0.1) is 0 Å². The maximum Gasteiger partial charge on any atom is 0.389 e. The first-order valence-corrected chi connectivity index (χ1v) is 4.96. The van der Waals surface area contributed by atoms with E-state index in [-0.39, 0.29) is 18.7 Å². The zero-order chi connectivity index (χ0) is 12.2. The summed E-state index contributed by atoms with van der Waals surface area (Å²) < 4.78 is 48.2. The van der Waals surface area contributed by atoms with E-state index in [4.69, 9.17) is 5.73 Å². The SMILES string of the molecule is NC(CCCC(F)(F)F)c1ccc(F)cc1. The summed E-state index contributed by atoms with van der Waals surface area (Å²) in [5.74, 6) is -0.383. The summed E-state index contributed by atoms with van der Waals surface area (Å²) >= 11 is 0. The van der Waals surface area contributed by atoms with E-state index in [2.05, 4.69) is 0 Å². The van der Waals surface area contributed by atoms with Crippen LogP contribution in [-0.4, -0.2) is 6.18 Å². The molecule has 1 aromatic rings. The van der Waals surface area contributed by atoms with Crippen LogP contribution in [0.5, 0.6) is 0 Å². The fourth-order valence-corrected chi connectivity index (χ4v) is 1.40. The Hall–Kier alpha value is -1.10. The largest absolute Gasteiger partial charge is 0.389 e. The summed E-state index contributed by atoms with van der Waals surface area (Å²) in [7, 11) is 0. The Balaban J connectivity index is 2.41. The van der Waals surface area contributed by atoms with E-state index in [1.807, 2.05) is 0 Å². The van der Waals surface area contributed by atoms with Gasteiger partial charge in [-0.3, -0.25) is 0 Å². The van der Waals surface area contributed by atoms with Crippen LogP contribution in [0, 0.1) is 5.82 Å². The number of rotatable bonds is 4. The zero-order valence-corrected chi connectivity index (χ0v) is 8.60. The van der Waals surface area contributed by atoms with Gasteiger partial charge in [-0.25, -0.2) is 4.39 Å². The predicted molar refractivity (Wildman–Crippen MR) is 53.2 cm³/mol. The molecule has 0 aliphatic rings. The number of hydrogen-bond acceptors (Lipinski definition) is 1. The fraction of sp³-hybridized carbons (Fsp3) is 0.455. The van der Waals surface area contributed by atoms with Gasteiger partial charge < -0.3 is 5.73 Å². The van der Waals surface area contributed by atoms with E-state index >= 15 is 0 Å². The molecule has 0 heterocycles. The van der Waals surface area contributed by atoms with E-state index in [1.54, 1.807) is 0 Å². The van der Waals surface area contributed by atoms with Gasteiger partial charge in [0.15, 0.2) is 0 Å². The van der Waals surface area contributed by atoms with Crippen molar-refractivity contribution in [1.29, 1.82) is 0 Å². The van der Waals surface area contributed by atoms with Gasteiger partial charge >= 0.3 is 6.18 Å². The van der Waals surface area contributed by atoms with Crippen LogP contribution in [-0.2, 0) is 0 Å². The average molecular weight is 235 g/mol. The number of hydrogen-bond donors (Lipinski definition) is 1. The van der Waals surface area contributed by atoms with E-state index < -0.39 is 18.6 Å². The van der Waals surface area contributed by atoms with E-state index in [9.17, 15) is 17.6 Å². The molecule has 1 nitrogen and oxygen atoms in total. The maximum absolute atomic E-state index is 12.6. The van der Waals surface area contributed by atoms with Gasteiger partial charge in [-0.2, -0.15) is 13.2 Å². The van der Waals surface area contributed by atoms with Crippen LogP contribution in [0.25, 0.3) is 0 Å². The lowest BCUT2D eigenvalue weighted by molar-refractivity contribution is -0.135. The predicted octanol–water partition coefficient (Wildman–Crippen LogP) is 3.56. The third-order valence-corrected chi connectivity index (χ3v) is 2.27. The van der Waals surface area contributed by atoms with Gasteiger partial charge in [0.2, 0.25) is 0 Å². The first-order chi connectivity index (χ1) is 7.38. The van der Waals surface area contributed by atoms with Gasteiger partial charge in [-0.05, 0) is 30.5 Å². The minimum absolute atomic E-state index is 0.0119.